The summed E-state index contributed by atoms with van der Waals surface area (Å²) < 4.78 is 0. The van der Waals surface area contributed by atoms with Gasteiger partial charge < -0.3 is 5.32 Å². The molecule has 0 bridgehead atoms. The molecule has 96 valence electrons. The van der Waals surface area contributed by atoms with Gasteiger partial charge in [-0.3, -0.25) is 15.5 Å². The van der Waals surface area contributed by atoms with Gasteiger partial charge in [0.25, 0.3) is 5.69 Å². The van der Waals surface area contributed by atoms with Crippen LogP contribution in [0.25, 0.3) is 0 Å². The summed E-state index contributed by atoms with van der Waals surface area (Å²) in [7, 11) is 1.65. The highest BCUT2D eigenvalue weighted by Gasteiger charge is 2.11. The Bertz CT molecular complexity index is 519. The molecule has 8 heteroatoms. The third-order valence-electron chi connectivity index (χ3n) is 2.10. The van der Waals surface area contributed by atoms with E-state index in [0.29, 0.717) is 21.4 Å². The molecule has 0 aliphatic carbocycles. The van der Waals surface area contributed by atoms with Gasteiger partial charge >= 0.3 is 0 Å². The molecule has 0 radical (unpaired) electrons. The maximum absolute atomic E-state index is 10.7. The van der Waals surface area contributed by atoms with Gasteiger partial charge in [-0.25, -0.2) is 0 Å². The van der Waals surface area contributed by atoms with E-state index in [0.717, 1.165) is 0 Å². The van der Waals surface area contributed by atoms with Crippen LogP contribution in [0.1, 0.15) is 12.5 Å². The minimum Gasteiger partial charge on any atom is -0.364 e. The number of nitro benzene ring substituents is 1. The molecule has 0 spiro atoms. The smallest absolute Gasteiger partial charge is 0.270 e. The van der Waals surface area contributed by atoms with Gasteiger partial charge in [0.2, 0.25) is 0 Å². The number of nitrogens with one attached hydrogen (secondary N) is 2. The number of non-ortho nitro benzene ring substituents is 1. The summed E-state index contributed by atoms with van der Waals surface area (Å²) >= 11 is 10.8. The quantitative estimate of drug-likeness (QED) is 0.385. The molecule has 0 fully saturated rings. The average Bonchev–Trinajstić information content (AvgIpc) is 2.35. The van der Waals surface area contributed by atoms with E-state index in [-0.39, 0.29) is 5.69 Å². The lowest BCUT2D eigenvalue weighted by atomic mass is 10.1. The van der Waals surface area contributed by atoms with E-state index in [4.69, 9.17) is 23.8 Å². The van der Waals surface area contributed by atoms with Crippen molar-refractivity contribution in [2.24, 2.45) is 5.10 Å². The number of benzene rings is 1. The number of hydrazone groups is 1. The molecular formula is C10H11ClN4O2S. The van der Waals surface area contributed by atoms with Crippen LogP contribution in [-0.2, 0) is 0 Å². The number of hydrogen-bond donors (Lipinski definition) is 2. The Morgan fingerprint density at radius 1 is 1.56 bits per heavy atom. The molecule has 1 rings (SSSR count). The minimum atomic E-state index is -0.487. The van der Waals surface area contributed by atoms with Crippen molar-refractivity contribution in [3.05, 3.63) is 38.9 Å². The summed E-state index contributed by atoms with van der Waals surface area (Å²) in [6.45, 7) is 1.68. The summed E-state index contributed by atoms with van der Waals surface area (Å²) in [4.78, 5) is 10.2. The Labute approximate surface area is 114 Å². The van der Waals surface area contributed by atoms with Crippen LogP contribution in [-0.4, -0.2) is 22.8 Å². The number of rotatable bonds is 3. The van der Waals surface area contributed by atoms with Crippen LogP contribution in [0.4, 0.5) is 5.69 Å². The summed E-state index contributed by atoms with van der Waals surface area (Å²) in [6, 6.07) is 4.17. The van der Waals surface area contributed by atoms with E-state index < -0.39 is 4.92 Å². The molecule has 1 aromatic carbocycles. The lowest BCUT2D eigenvalue weighted by molar-refractivity contribution is -0.384. The van der Waals surface area contributed by atoms with E-state index in [9.17, 15) is 10.1 Å². The second kappa shape index (κ2) is 6.27. The van der Waals surface area contributed by atoms with Crippen LogP contribution >= 0.6 is 23.8 Å². The van der Waals surface area contributed by atoms with Gasteiger partial charge in [-0.1, -0.05) is 11.6 Å². The average molecular weight is 287 g/mol. The third kappa shape index (κ3) is 3.64. The monoisotopic (exact) mass is 286 g/mol. The largest absolute Gasteiger partial charge is 0.364 e. The molecule has 0 unspecified atom stereocenters. The lowest BCUT2D eigenvalue weighted by Gasteiger charge is -2.05. The number of thiocarbonyl (C=S) groups is 1. The molecule has 0 aliphatic heterocycles. The van der Waals surface area contributed by atoms with Gasteiger partial charge in [0, 0.05) is 24.7 Å². The highest BCUT2D eigenvalue weighted by atomic mass is 35.5. The highest BCUT2D eigenvalue weighted by molar-refractivity contribution is 7.80. The first-order chi connectivity index (χ1) is 8.45. The van der Waals surface area contributed by atoms with Crippen molar-refractivity contribution in [1.29, 1.82) is 0 Å². The van der Waals surface area contributed by atoms with Crippen molar-refractivity contribution < 1.29 is 4.92 Å². The van der Waals surface area contributed by atoms with Crippen LogP contribution in [0, 0.1) is 10.1 Å². The molecule has 0 saturated carbocycles. The van der Waals surface area contributed by atoms with E-state index >= 15 is 0 Å². The van der Waals surface area contributed by atoms with E-state index in [2.05, 4.69) is 15.8 Å². The molecule has 2 N–H and O–H groups in total. The number of nitrogens with zero attached hydrogens (tertiary/aromatic N) is 2. The Hall–Kier alpha value is -1.73. The highest BCUT2D eigenvalue weighted by Crippen LogP contribution is 2.22. The molecule has 0 atom stereocenters. The fourth-order valence-electron chi connectivity index (χ4n) is 1.15. The fourth-order valence-corrected chi connectivity index (χ4v) is 1.45. The van der Waals surface area contributed by atoms with Crippen molar-refractivity contribution in [3.8, 4) is 0 Å². The molecule has 18 heavy (non-hydrogen) atoms. The van der Waals surface area contributed by atoms with Gasteiger partial charge in [0.1, 0.15) is 0 Å². The summed E-state index contributed by atoms with van der Waals surface area (Å²) in [5.74, 6) is 0. The van der Waals surface area contributed by atoms with Crippen molar-refractivity contribution in [3.63, 3.8) is 0 Å². The molecule has 0 aliphatic rings. The van der Waals surface area contributed by atoms with Gasteiger partial charge in [-0.15, -0.1) is 0 Å². The first-order valence-corrected chi connectivity index (χ1v) is 5.70. The molecular weight excluding hydrogens is 276 g/mol. The van der Waals surface area contributed by atoms with Crippen molar-refractivity contribution >= 4 is 40.3 Å². The Balaban J connectivity index is 3.04. The molecule has 0 aromatic heterocycles. The Morgan fingerprint density at radius 2 is 2.22 bits per heavy atom. The van der Waals surface area contributed by atoms with Crippen LogP contribution in [0.15, 0.2) is 23.3 Å². The summed E-state index contributed by atoms with van der Waals surface area (Å²) in [5, 5.41) is 18.1. The van der Waals surface area contributed by atoms with Gasteiger partial charge in [0.05, 0.1) is 15.7 Å². The number of nitro groups is 1. The minimum absolute atomic E-state index is 0.0415. The summed E-state index contributed by atoms with van der Waals surface area (Å²) in [6.07, 6.45) is 0. The molecule has 0 saturated heterocycles. The normalized spacial score (nSPS) is 10.9. The molecule has 0 amide bonds. The second-order valence-electron chi connectivity index (χ2n) is 3.31. The second-order valence-corrected chi connectivity index (χ2v) is 4.12. The van der Waals surface area contributed by atoms with Crippen molar-refractivity contribution in [1.82, 2.24) is 10.7 Å². The van der Waals surface area contributed by atoms with Crippen molar-refractivity contribution in [2.75, 3.05) is 7.05 Å². The molecule has 0 heterocycles. The maximum atomic E-state index is 10.7. The van der Waals surface area contributed by atoms with Crippen LogP contribution in [0.2, 0.25) is 5.02 Å². The zero-order valence-corrected chi connectivity index (χ0v) is 11.3. The maximum Gasteiger partial charge on any atom is 0.270 e. The first kappa shape index (κ1) is 14.3. The Kier molecular flexibility index (Phi) is 4.99. The first-order valence-electron chi connectivity index (χ1n) is 4.92. The van der Waals surface area contributed by atoms with Crippen LogP contribution in [0.3, 0.4) is 0 Å². The van der Waals surface area contributed by atoms with E-state index in [1.807, 2.05) is 0 Å². The predicted octanol–water partition coefficient (Wildman–Crippen LogP) is 2.07. The van der Waals surface area contributed by atoms with Crippen LogP contribution < -0.4 is 10.7 Å². The SMILES string of the molecule is CNC(=S)NN=C(C)c1cc([N+](=O)[O-])ccc1Cl. The molecule has 6 nitrogen and oxygen atoms in total. The van der Waals surface area contributed by atoms with Gasteiger partial charge in [-0.05, 0) is 25.2 Å². The van der Waals surface area contributed by atoms with Crippen LogP contribution in [0.5, 0.6) is 0 Å². The standard InChI is InChI=1S/C10H11ClN4O2S/c1-6(13-14-10(18)12-2)8-5-7(15(16)17)3-4-9(8)11/h3-5H,1-2H3,(H2,12,14,18). The van der Waals surface area contributed by atoms with Gasteiger partial charge in [0.15, 0.2) is 5.11 Å². The van der Waals surface area contributed by atoms with Gasteiger partial charge in [-0.2, -0.15) is 5.10 Å². The lowest BCUT2D eigenvalue weighted by Crippen LogP contribution is -2.29. The third-order valence-corrected chi connectivity index (χ3v) is 2.73. The van der Waals surface area contributed by atoms with E-state index in [1.165, 1.54) is 18.2 Å². The summed E-state index contributed by atoms with van der Waals surface area (Å²) in [5.41, 5.74) is 3.53. The fraction of sp³-hybridized carbons (Fsp3) is 0.200. The van der Waals surface area contributed by atoms with E-state index in [1.54, 1.807) is 14.0 Å². The number of halogens is 1. The predicted molar refractivity (Wildman–Crippen MR) is 75.1 cm³/mol. The topological polar surface area (TPSA) is 79.6 Å². The number of hydrogen-bond acceptors (Lipinski definition) is 4. The molecule has 1 aromatic rings. The van der Waals surface area contributed by atoms with Crippen molar-refractivity contribution in [2.45, 2.75) is 6.92 Å². The Morgan fingerprint density at radius 3 is 2.78 bits per heavy atom. The zero-order chi connectivity index (χ0) is 13.7. The zero-order valence-electron chi connectivity index (χ0n) is 9.73.